The monoisotopic (exact) mass is 415 g/mol. The van der Waals surface area contributed by atoms with Crippen molar-refractivity contribution in [1.29, 1.82) is 0 Å². The van der Waals surface area contributed by atoms with Crippen LogP contribution >= 0.6 is 0 Å². The summed E-state index contributed by atoms with van der Waals surface area (Å²) >= 11 is 0. The molecular formula is C27H45NO2. The lowest BCUT2D eigenvalue weighted by Gasteiger charge is -2.61. The fourth-order valence-electron chi connectivity index (χ4n) is 8.82. The molecule has 1 heterocycles. The van der Waals surface area contributed by atoms with E-state index in [1.165, 1.54) is 44.9 Å². The number of carbonyl (C=O) groups is 2. The molecule has 1 saturated heterocycles. The van der Waals surface area contributed by atoms with Crippen molar-refractivity contribution < 1.29 is 9.59 Å². The van der Waals surface area contributed by atoms with E-state index in [2.05, 4.69) is 34.6 Å². The van der Waals surface area contributed by atoms with Crippen molar-refractivity contribution in [3.8, 4) is 0 Å². The zero-order chi connectivity index (χ0) is 21.8. The highest BCUT2D eigenvalue weighted by molar-refractivity contribution is 5.86. The van der Waals surface area contributed by atoms with Crippen molar-refractivity contribution in [3.63, 3.8) is 0 Å². The lowest BCUT2D eigenvalue weighted by atomic mass is 9.46. The Labute approximate surface area is 184 Å². The molecule has 1 aliphatic heterocycles. The van der Waals surface area contributed by atoms with E-state index in [1.54, 1.807) is 0 Å². The number of Topliss-reactive ketones (excluding diaryl/α,β-unsaturated/α-hetero) is 1. The standard InChI is InChI=1S/C27H45NO2/c1-17(2)8-7-9-18(3)19-10-11-20-25-21(12-14-26(19,20)4)27(5)15-13-24(30)28(6)23(27)16-22(25)29/h17-21,23,25H,7-16H2,1-6H3/t18-,19-,20+,21+,23-,25+,26-,27-/m1/s1. The number of ketones is 1. The largest absolute Gasteiger partial charge is 0.342 e. The van der Waals surface area contributed by atoms with Crippen molar-refractivity contribution in [2.24, 2.45) is 46.3 Å². The maximum Gasteiger partial charge on any atom is 0.222 e. The van der Waals surface area contributed by atoms with Gasteiger partial charge in [0.25, 0.3) is 0 Å². The van der Waals surface area contributed by atoms with E-state index >= 15 is 0 Å². The van der Waals surface area contributed by atoms with Crippen LogP contribution in [0.25, 0.3) is 0 Å². The summed E-state index contributed by atoms with van der Waals surface area (Å²) in [6, 6.07) is 0.129. The summed E-state index contributed by atoms with van der Waals surface area (Å²) in [6.45, 7) is 12.1. The summed E-state index contributed by atoms with van der Waals surface area (Å²) < 4.78 is 0. The highest BCUT2D eigenvalue weighted by atomic mass is 16.2. The first kappa shape index (κ1) is 22.3. The van der Waals surface area contributed by atoms with Gasteiger partial charge in [0.05, 0.1) is 0 Å². The Bertz CT molecular complexity index is 686. The second kappa shape index (κ2) is 7.93. The smallest absolute Gasteiger partial charge is 0.222 e. The average Bonchev–Trinajstić information content (AvgIpc) is 3.03. The summed E-state index contributed by atoms with van der Waals surface area (Å²) in [7, 11) is 1.94. The Morgan fingerprint density at radius 2 is 1.67 bits per heavy atom. The number of fused-ring (bicyclic) bond motifs is 5. The molecule has 0 aromatic heterocycles. The highest BCUT2D eigenvalue weighted by Crippen LogP contribution is 2.66. The van der Waals surface area contributed by atoms with Crippen LogP contribution in [0.1, 0.15) is 98.8 Å². The SMILES string of the molecule is CC(C)CCC[C@@H](C)[C@H]1CC[C@H]2[C@@H]3C(=O)C[C@H]4N(C)C(=O)CC[C@]4(C)[C@H]3CC[C@]12C. The Morgan fingerprint density at radius 1 is 0.967 bits per heavy atom. The maximum absolute atomic E-state index is 13.5. The van der Waals surface area contributed by atoms with Crippen LogP contribution in [0, 0.1) is 46.3 Å². The van der Waals surface area contributed by atoms with E-state index in [9.17, 15) is 9.59 Å². The molecule has 1 amide bonds. The molecule has 4 aliphatic rings. The van der Waals surface area contributed by atoms with Crippen LogP contribution in [-0.4, -0.2) is 29.7 Å². The maximum atomic E-state index is 13.5. The van der Waals surface area contributed by atoms with Crippen LogP contribution < -0.4 is 0 Å². The van der Waals surface area contributed by atoms with E-state index in [0.717, 1.165) is 24.2 Å². The van der Waals surface area contributed by atoms with Gasteiger partial charge in [-0.05, 0) is 72.5 Å². The molecule has 4 fully saturated rings. The average molecular weight is 416 g/mol. The molecule has 170 valence electrons. The summed E-state index contributed by atoms with van der Waals surface area (Å²) in [5.41, 5.74) is 0.469. The molecule has 3 heteroatoms. The van der Waals surface area contributed by atoms with Gasteiger partial charge in [-0.25, -0.2) is 0 Å². The topological polar surface area (TPSA) is 37.4 Å². The van der Waals surface area contributed by atoms with Crippen molar-refractivity contribution in [1.82, 2.24) is 4.90 Å². The Balaban J connectivity index is 1.54. The number of piperidine rings is 1. The molecule has 3 aliphatic carbocycles. The highest BCUT2D eigenvalue weighted by Gasteiger charge is 2.63. The first-order chi connectivity index (χ1) is 14.1. The number of nitrogens with zero attached hydrogens (tertiary/aromatic N) is 1. The van der Waals surface area contributed by atoms with E-state index in [4.69, 9.17) is 0 Å². The minimum absolute atomic E-state index is 0.129. The third-order valence-electron chi connectivity index (χ3n) is 10.6. The lowest BCUT2D eigenvalue weighted by molar-refractivity contribution is -0.167. The van der Waals surface area contributed by atoms with Crippen LogP contribution in [-0.2, 0) is 9.59 Å². The molecule has 0 aromatic rings. The molecular weight excluding hydrogens is 370 g/mol. The van der Waals surface area contributed by atoms with Gasteiger partial charge in [-0.15, -0.1) is 0 Å². The molecule has 0 N–H and O–H groups in total. The van der Waals surface area contributed by atoms with Crippen LogP contribution in [0.15, 0.2) is 0 Å². The van der Waals surface area contributed by atoms with E-state index in [-0.39, 0.29) is 23.3 Å². The molecule has 0 aromatic carbocycles. The molecule has 8 atom stereocenters. The van der Waals surface area contributed by atoms with Gasteiger partial charge in [0.15, 0.2) is 0 Å². The number of rotatable bonds is 5. The molecule has 0 bridgehead atoms. The number of carbonyl (C=O) groups excluding carboxylic acids is 2. The van der Waals surface area contributed by atoms with Crippen LogP contribution in [0.5, 0.6) is 0 Å². The predicted octanol–water partition coefficient (Wildman–Crippen LogP) is 6.11. The zero-order valence-electron chi connectivity index (χ0n) is 20.4. The quantitative estimate of drug-likeness (QED) is 0.543. The van der Waals surface area contributed by atoms with Gasteiger partial charge >= 0.3 is 0 Å². The van der Waals surface area contributed by atoms with Crippen molar-refractivity contribution in [2.45, 2.75) is 105 Å². The molecule has 3 saturated carbocycles. The van der Waals surface area contributed by atoms with E-state index < -0.39 is 0 Å². The van der Waals surface area contributed by atoms with Crippen molar-refractivity contribution in [2.75, 3.05) is 7.05 Å². The molecule has 3 nitrogen and oxygen atoms in total. The number of amides is 1. The zero-order valence-corrected chi connectivity index (χ0v) is 20.4. The van der Waals surface area contributed by atoms with Gasteiger partial charge in [0.1, 0.15) is 5.78 Å². The first-order valence-corrected chi connectivity index (χ1v) is 12.9. The molecule has 0 spiro atoms. The van der Waals surface area contributed by atoms with Gasteiger partial charge in [0, 0.05) is 31.8 Å². The van der Waals surface area contributed by atoms with E-state index in [0.29, 0.717) is 35.9 Å². The van der Waals surface area contributed by atoms with Gasteiger partial charge in [-0.2, -0.15) is 0 Å². The minimum atomic E-state index is 0.129. The summed E-state index contributed by atoms with van der Waals surface area (Å²) in [4.78, 5) is 27.8. The van der Waals surface area contributed by atoms with Crippen molar-refractivity contribution in [3.05, 3.63) is 0 Å². The number of likely N-dealkylation sites (tertiary alicyclic amines) is 1. The predicted molar refractivity (Wildman–Crippen MR) is 122 cm³/mol. The molecule has 4 rings (SSSR count). The summed E-state index contributed by atoms with van der Waals surface area (Å²) in [5, 5.41) is 0. The fraction of sp³-hybridized carbons (Fsp3) is 0.926. The Hall–Kier alpha value is -0.860. The second-order valence-electron chi connectivity index (χ2n) is 12.5. The van der Waals surface area contributed by atoms with Crippen LogP contribution in [0.2, 0.25) is 0 Å². The third-order valence-corrected chi connectivity index (χ3v) is 10.6. The van der Waals surface area contributed by atoms with Gasteiger partial charge in [-0.1, -0.05) is 53.9 Å². The Morgan fingerprint density at radius 3 is 2.37 bits per heavy atom. The van der Waals surface area contributed by atoms with Gasteiger partial charge < -0.3 is 4.90 Å². The van der Waals surface area contributed by atoms with E-state index in [1.807, 2.05) is 11.9 Å². The molecule has 0 radical (unpaired) electrons. The van der Waals surface area contributed by atoms with Crippen LogP contribution in [0.3, 0.4) is 0 Å². The Kier molecular flexibility index (Phi) is 5.90. The number of hydrogen-bond acceptors (Lipinski definition) is 2. The molecule has 30 heavy (non-hydrogen) atoms. The van der Waals surface area contributed by atoms with Gasteiger partial charge in [-0.3, -0.25) is 9.59 Å². The second-order valence-corrected chi connectivity index (χ2v) is 12.5. The van der Waals surface area contributed by atoms with Gasteiger partial charge in [0.2, 0.25) is 5.91 Å². The minimum Gasteiger partial charge on any atom is -0.342 e. The first-order valence-electron chi connectivity index (χ1n) is 12.9. The molecule has 0 unspecified atom stereocenters. The normalized spacial score (nSPS) is 44.6. The fourth-order valence-corrected chi connectivity index (χ4v) is 8.82. The van der Waals surface area contributed by atoms with Crippen LogP contribution in [0.4, 0.5) is 0 Å². The summed E-state index contributed by atoms with van der Waals surface area (Å²) in [6.07, 6.45) is 11.3. The number of hydrogen-bond donors (Lipinski definition) is 0. The van der Waals surface area contributed by atoms with Crippen molar-refractivity contribution >= 4 is 11.7 Å². The third kappa shape index (κ3) is 3.37. The lowest BCUT2D eigenvalue weighted by Crippen LogP contribution is -2.64. The summed E-state index contributed by atoms with van der Waals surface area (Å²) in [5.74, 6) is 4.37.